The van der Waals surface area contributed by atoms with Gasteiger partial charge in [-0.3, -0.25) is 0 Å². The summed E-state index contributed by atoms with van der Waals surface area (Å²) in [5.41, 5.74) is 3.73. The molecule has 0 N–H and O–H groups in total. The van der Waals surface area contributed by atoms with Crippen LogP contribution in [-0.2, 0) is 0 Å². The van der Waals surface area contributed by atoms with E-state index in [1.807, 2.05) is 62.4 Å². The lowest BCUT2D eigenvalue weighted by Crippen LogP contribution is -1.88. The number of oxazole rings is 1. The van der Waals surface area contributed by atoms with Crippen molar-refractivity contribution in [2.24, 2.45) is 0 Å². The van der Waals surface area contributed by atoms with Crippen LogP contribution in [0.25, 0.3) is 22.6 Å². The van der Waals surface area contributed by atoms with E-state index in [4.69, 9.17) is 8.83 Å². The van der Waals surface area contributed by atoms with Gasteiger partial charge in [0, 0.05) is 5.56 Å². The van der Waals surface area contributed by atoms with Crippen molar-refractivity contribution >= 4 is 22.9 Å². The normalized spacial score (nSPS) is 12.6. The van der Waals surface area contributed by atoms with Gasteiger partial charge in [-0.25, -0.2) is 4.98 Å². The molecule has 2 aromatic heterocycles. The maximum Gasteiger partial charge on any atom is 0.257 e. The van der Waals surface area contributed by atoms with E-state index in [1.165, 1.54) is 17.3 Å². The lowest BCUT2D eigenvalue weighted by atomic mass is 10.1. The Labute approximate surface area is 143 Å². The van der Waals surface area contributed by atoms with Gasteiger partial charge in [-0.1, -0.05) is 41.6 Å². The average molecular weight is 337 g/mol. The fourth-order valence-corrected chi connectivity index (χ4v) is 3.10. The summed E-state index contributed by atoms with van der Waals surface area (Å²) in [4.78, 5) is 4.46. The van der Waals surface area contributed by atoms with Crippen molar-refractivity contribution < 1.29 is 8.83 Å². The van der Waals surface area contributed by atoms with E-state index in [9.17, 15) is 0 Å². The molecule has 2 heterocycles. The molecule has 0 amide bonds. The van der Waals surface area contributed by atoms with Crippen molar-refractivity contribution in [3.63, 3.8) is 0 Å². The standard InChI is InChI=1S/C18H15N3O2S/c1-11-7-9-13(10-8-11)17-21-20-16(23-17)12(2)24-18-19-14-5-3-4-6-15(14)22-18/h3-10,12H,1-2H3/t12-/m0/s1. The number of thioether (sulfide) groups is 1. The third-order valence-electron chi connectivity index (χ3n) is 3.64. The van der Waals surface area contributed by atoms with Crippen LogP contribution in [0, 0.1) is 6.92 Å². The SMILES string of the molecule is Cc1ccc(-c2nnc([C@H](C)Sc3nc4ccccc4o3)o2)cc1. The van der Waals surface area contributed by atoms with Gasteiger partial charge in [-0.15, -0.1) is 10.2 Å². The second-order valence-corrected chi connectivity index (χ2v) is 6.81. The van der Waals surface area contributed by atoms with Crippen molar-refractivity contribution in [2.45, 2.75) is 24.3 Å². The number of para-hydroxylation sites is 2. The fraction of sp³-hybridized carbons (Fsp3) is 0.167. The highest BCUT2D eigenvalue weighted by Gasteiger charge is 2.19. The lowest BCUT2D eigenvalue weighted by molar-refractivity contribution is 0.481. The molecule has 120 valence electrons. The lowest BCUT2D eigenvalue weighted by Gasteiger charge is -2.02. The van der Waals surface area contributed by atoms with Gasteiger partial charge in [-0.2, -0.15) is 0 Å². The van der Waals surface area contributed by atoms with Gasteiger partial charge >= 0.3 is 0 Å². The number of aromatic nitrogens is 3. The van der Waals surface area contributed by atoms with Crippen LogP contribution in [0.2, 0.25) is 0 Å². The van der Waals surface area contributed by atoms with E-state index >= 15 is 0 Å². The topological polar surface area (TPSA) is 65.0 Å². The number of rotatable bonds is 4. The molecule has 0 aliphatic heterocycles. The minimum absolute atomic E-state index is 0.0511. The fourth-order valence-electron chi connectivity index (χ4n) is 2.31. The summed E-state index contributed by atoms with van der Waals surface area (Å²) in [5, 5.41) is 8.84. The predicted octanol–water partition coefficient (Wildman–Crippen LogP) is 5.04. The Kier molecular flexibility index (Phi) is 3.82. The first-order valence-electron chi connectivity index (χ1n) is 7.62. The highest BCUT2D eigenvalue weighted by Crippen LogP contribution is 2.36. The number of hydrogen-bond donors (Lipinski definition) is 0. The molecular formula is C18H15N3O2S. The first-order chi connectivity index (χ1) is 11.7. The number of fused-ring (bicyclic) bond motifs is 1. The molecule has 4 aromatic rings. The Morgan fingerprint density at radius 3 is 2.54 bits per heavy atom. The maximum absolute atomic E-state index is 5.81. The summed E-state index contributed by atoms with van der Waals surface area (Å²) in [6.45, 7) is 4.04. The van der Waals surface area contributed by atoms with Crippen LogP contribution in [0.15, 0.2) is 62.6 Å². The zero-order valence-electron chi connectivity index (χ0n) is 13.3. The number of nitrogens with zero attached hydrogens (tertiary/aromatic N) is 3. The average Bonchev–Trinajstić information content (AvgIpc) is 3.21. The Morgan fingerprint density at radius 1 is 0.958 bits per heavy atom. The maximum atomic E-state index is 5.81. The molecule has 5 nitrogen and oxygen atoms in total. The van der Waals surface area contributed by atoms with E-state index < -0.39 is 0 Å². The summed E-state index contributed by atoms with van der Waals surface area (Å²) in [6.07, 6.45) is 0. The first-order valence-corrected chi connectivity index (χ1v) is 8.50. The third-order valence-corrected chi connectivity index (χ3v) is 4.57. The number of aryl methyl sites for hydroxylation is 1. The quantitative estimate of drug-likeness (QED) is 0.486. The van der Waals surface area contributed by atoms with Crippen molar-refractivity contribution in [1.29, 1.82) is 0 Å². The molecule has 6 heteroatoms. The minimum Gasteiger partial charge on any atom is -0.431 e. The van der Waals surface area contributed by atoms with Crippen LogP contribution in [0.5, 0.6) is 0 Å². The second kappa shape index (κ2) is 6.13. The summed E-state index contributed by atoms with van der Waals surface area (Å²) >= 11 is 1.46. The van der Waals surface area contributed by atoms with Gasteiger partial charge in [0.1, 0.15) is 5.52 Å². The monoisotopic (exact) mass is 337 g/mol. The molecule has 0 unspecified atom stereocenters. The summed E-state index contributed by atoms with van der Waals surface area (Å²) < 4.78 is 11.5. The van der Waals surface area contributed by atoms with Gasteiger partial charge in [0.25, 0.3) is 5.22 Å². The van der Waals surface area contributed by atoms with Crippen molar-refractivity contribution in [2.75, 3.05) is 0 Å². The van der Waals surface area contributed by atoms with Gasteiger partial charge in [0.05, 0.1) is 5.25 Å². The molecule has 0 aliphatic rings. The molecule has 4 rings (SSSR count). The van der Waals surface area contributed by atoms with Gasteiger partial charge < -0.3 is 8.83 Å². The first kappa shape index (κ1) is 15.0. The second-order valence-electron chi connectivity index (χ2n) is 5.52. The molecule has 0 saturated carbocycles. The summed E-state index contributed by atoms with van der Waals surface area (Å²) in [6, 6.07) is 15.7. The van der Waals surface area contributed by atoms with Crippen molar-refractivity contribution in [3.05, 3.63) is 60.0 Å². The smallest absolute Gasteiger partial charge is 0.257 e. The van der Waals surface area contributed by atoms with E-state index in [-0.39, 0.29) is 5.25 Å². The van der Waals surface area contributed by atoms with Crippen LogP contribution in [0.4, 0.5) is 0 Å². The van der Waals surface area contributed by atoms with Gasteiger partial charge in [0.2, 0.25) is 11.8 Å². The van der Waals surface area contributed by atoms with Crippen molar-refractivity contribution in [3.8, 4) is 11.5 Å². The molecular weight excluding hydrogens is 322 g/mol. The Bertz CT molecular complexity index is 942. The van der Waals surface area contributed by atoms with Crippen molar-refractivity contribution in [1.82, 2.24) is 15.2 Å². The number of benzene rings is 2. The minimum atomic E-state index is -0.0511. The molecule has 2 aromatic carbocycles. The summed E-state index contributed by atoms with van der Waals surface area (Å²) in [7, 11) is 0. The predicted molar refractivity (Wildman–Crippen MR) is 92.8 cm³/mol. The third kappa shape index (κ3) is 2.92. The molecule has 0 radical (unpaired) electrons. The van der Waals surface area contributed by atoms with E-state index in [1.54, 1.807) is 0 Å². The molecule has 0 fully saturated rings. The molecule has 24 heavy (non-hydrogen) atoms. The zero-order chi connectivity index (χ0) is 16.5. The molecule has 1 atom stereocenters. The van der Waals surface area contributed by atoms with Crippen LogP contribution in [0.3, 0.4) is 0 Å². The van der Waals surface area contributed by atoms with Crippen LogP contribution < -0.4 is 0 Å². The van der Waals surface area contributed by atoms with E-state index in [0.29, 0.717) is 17.0 Å². The zero-order valence-corrected chi connectivity index (χ0v) is 14.1. The summed E-state index contributed by atoms with van der Waals surface area (Å²) in [5.74, 6) is 1.08. The highest BCUT2D eigenvalue weighted by atomic mass is 32.2. The Balaban J connectivity index is 1.54. The van der Waals surface area contributed by atoms with Gasteiger partial charge in [-0.05, 0) is 38.1 Å². The largest absolute Gasteiger partial charge is 0.431 e. The van der Waals surface area contributed by atoms with Crippen LogP contribution >= 0.6 is 11.8 Å². The van der Waals surface area contributed by atoms with Crippen LogP contribution in [-0.4, -0.2) is 15.2 Å². The van der Waals surface area contributed by atoms with Gasteiger partial charge in [0.15, 0.2) is 5.58 Å². The molecule has 0 aliphatic carbocycles. The van der Waals surface area contributed by atoms with E-state index in [2.05, 4.69) is 15.2 Å². The van der Waals surface area contributed by atoms with E-state index in [0.717, 1.165) is 16.7 Å². The molecule has 0 saturated heterocycles. The van der Waals surface area contributed by atoms with Crippen LogP contribution in [0.1, 0.15) is 23.6 Å². The molecule has 0 bridgehead atoms. The Morgan fingerprint density at radius 2 is 1.75 bits per heavy atom. The Hall–Kier alpha value is -2.60. The highest BCUT2D eigenvalue weighted by molar-refractivity contribution is 7.99. The number of hydrogen-bond acceptors (Lipinski definition) is 6. The molecule has 0 spiro atoms.